The fourth-order valence-corrected chi connectivity index (χ4v) is 3.92. The lowest BCUT2D eigenvalue weighted by atomic mass is 9.93. The van der Waals surface area contributed by atoms with Gasteiger partial charge in [0.05, 0.1) is 12.6 Å². The number of rotatable bonds is 5. The molecule has 0 saturated carbocycles. The highest BCUT2D eigenvalue weighted by Crippen LogP contribution is 2.44. The number of carbonyl (C=O) groups is 1. The Labute approximate surface area is 158 Å². The molecule has 0 radical (unpaired) electrons. The summed E-state index contributed by atoms with van der Waals surface area (Å²) in [5.74, 6) is -0.271. The van der Waals surface area contributed by atoms with Crippen molar-refractivity contribution in [3.63, 3.8) is 0 Å². The van der Waals surface area contributed by atoms with Crippen LogP contribution in [-0.4, -0.2) is 27.6 Å². The van der Waals surface area contributed by atoms with E-state index in [0.29, 0.717) is 11.1 Å². The summed E-state index contributed by atoms with van der Waals surface area (Å²) in [6.45, 7) is -0.277. The standard InChI is InChI=1S/C23H21NO3/c25-16-21(18-11-5-2-6-12-18)24-22(26)19-13-7-8-14-20(19)23(24,27)15-17-9-3-1-4-10-17/h1-14,21,25,27H,15-16H2/t21-,23?/m1/s1. The highest BCUT2D eigenvalue weighted by molar-refractivity contribution is 6.00. The van der Waals surface area contributed by atoms with Crippen LogP contribution in [0.25, 0.3) is 0 Å². The Kier molecular flexibility index (Phi) is 4.52. The van der Waals surface area contributed by atoms with Crippen molar-refractivity contribution < 1.29 is 15.0 Å². The summed E-state index contributed by atoms with van der Waals surface area (Å²) in [7, 11) is 0. The van der Waals surface area contributed by atoms with Gasteiger partial charge in [0, 0.05) is 17.5 Å². The highest BCUT2D eigenvalue weighted by atomic mass is 16.3. The summed E-state index contributed by atoms with van der Waals surface area (Å²) in [5, 5.41) is 21.9. The molecule has 4 heteroatoms. The van der Waals surface area contributed by atoms with E-state index in [-0.39, 0.29) is 18.9 Å². The third-order valence-electron chi connectivity index (χ3n) is 5.17. The monoisotopic (exact) mass is 359 g/mol. The van der Waals surface area contributed by atoms with Gasteiger partial charge in [-0.05, 0) is 17.2 Å². The number of fused-ring (bicyclic) bond motifs is 1. The SMILES string of the molecule is O=C1c2ccccc2C(O)(Cc2ccccc2)N1[C@H](CO)c1ccccc1. The van der Waals surface area contributed by atoms with Crippen LogP contribution in [0.15, 0.2) is 84.9 Å². The van der Waals surface area contributed by atoms with E-state index in [4.69, 9.17) is 0 Å². The molecule has 27 heavy (non-hydrogen) atoms. The maximum atomic E-state index is 13.2. The predicted molar refractivity (Wildman–Crippen MR) is 103 cm³/mol. The third-order valence-corrected chi connectivity index (χ3v) is 5.17. The molecule has 0 spiro atoms. The quantitative estimate of drug-likeness (QED) is 0.735. The van der Waals surface area contributed by atoms with E-state index in [2.05, 4.69) is 0 Å². The largest absolute Gasteiger partial charge is 0.394 e. The van der Waals surface area contributed by atoms with Gasteiger partial charge < -0.3 is 10.2 Å². The van der Waals surface area contributed by atoms with Crippen LogP contribution in [0.1, 0.15) is 33.1 Å². The van der Waals surface area contributed by atoms with Crippen molar-refractivity contribution in [2.24, 2.45) is 0 Å². The topological polar surface area (TPSA) is 60.8 Å². The molecule has 3 aromatic rings. The van der Waals surface area contributed by atoms with Gasteiger partial charge in [-0.15, -0.1) is 0 Å². The van der Waals surface area contributed by atoms with Crippen molar-refractivity contribution >= 4 is 5.91 Å². The molecular weight excluding hydrogens is 338 g/mol. The van der Waals surface area contributed by atoms with Crippen molar-refractivity contribution in [3.05, 3.63) is 107 Å². The van der Waals surface area contributed by atoms with Gasteiger partial charge in [-0.1, -0.05) is 78.9 Å². The number of aliphatic hydroxyl groups is 2. The van der Waals surface area contributed by atoms with Gasteiger partial charge in [-0.25, -0.2) is 0 Å². The maximum absolute atomic E-state index is 13.2. The lowest BCUT2D eigenvalue weighted by molar-refractivity contribution is -0.110. The second-order valence-electron chi connectivity index (χ2n) is 6.81. The molecule has 1 unspecified atom stereocenters. The van der Waals surface area contributed by atoms with E-state index in [0.717, 1.165) is 11.1 Å². The first-order valence-corrected chi connectivity index (χ1v) is 9.00. The van der Waals surface area contributed by atoms with E-state index in [9.17, 15) is 15.0 Å². The summed E-state index contributed by atoms with van der Waals surface area (Å²) in [5.41, 5.74) is 1.23. The molecular formula is C23H21NO3. The molecule has 3 aromatic carbocycles. The average Bonchev–Trinajstić information content (AvgIpc) is 2.93. The first-order chi connectivity index (χ1) is 13.1. The summed E-state index contributed by atoms with van der Waals surface area (Å²) in [6.07, 6.45) is 0.250. The first kappa shape index (κ1) is 17.5. The van der Waals surface area contributed by atoms with Crippen molar-refractivity contribution in [2.75, 3.05) is 6.61 Å². The number of nitrogens with zero attached hydrogens (tertiary/aromatic N) is 1. The molecule has 4 rings (SSSR count). The van der Waals surface area contributed by atoms with Gasteiger partial charge in [0.1, 0.15) is 0 Å². The van der Waals surface area contributed by atoms with Crippen molar-refractivity contribution in [1.29, 1.82) is 0 Å². The molecule has 1 amide bonds. The van der Waals surface area contributed by atoms with Gasteiger partial charge in [-0.2, -0.15) is 0 Å². The minimum atomic E-state index is -1.53. The van der Waals surface area contributed by atoms with Gasteiger partial charge in [0.25, 0.3) is 5.91 Å². The fourth-order valence-electron chi connectivity index (χ4n) is 3.92. The number of aliphatic hydroxyl groups excluding tert-OH is 1. The molecule has 0 fully saturated rings. The molecule has 1 heterocycles. The Morgan fingerprint density at radius 3 is 2.11 bits per heavy atom. The molecule has 4 nitrogen and oxygen atoms in total. The minimum Gasteiger partial charge on any atom is -0.394 e. The smallest absolute Gasteiger partial charge is 0.257 e. The van der Waals surface area contributed by atoms with E-state index in [1.54, 1.807) is 18.2 Å². The van der Waals surface area contributed by atoms with Crippen LogP contribution in [0.5, 0.6) is 0 Å². The van der Waals surface area contributed by atoms with Crippen molar-refractivity contribution in [1.82, 2.24) is 4.90 Å². The zero-order valence-electron chi connectivity index (χ0n) is 14.8. The summed E-state index contributed by atoms with van der Waals surface area (Å²) < 4.78 is 0. The maximum Gasteiger partial charge on any atom is 0.257 e. The lowest BCUT2D eigenvalue weighted by Gasteiger charge is -2.39. The van der Waals surface area contributed by atoms with E-state index < -0.39 is 11.8 Å². The van der Waals surface area contributed by atoms with Crippen LogP contribution in [0, 0.1) is 0 Å². The van der Waals surface area contributed by atoms with Gasteiger partial charge in [-0.3, -0.25) is 9.69 Å². The minimum absolute atomic E-state index is 0.250. The molecule has 1 aliphatic heterocycles. The second-order valence-corrected chi connectivity index (χ2v) is 6.81. The Hall–Kier alpha value is -2.95. The van der Waals surface area contributed by atoms with Crippen molar-refractivity contribution in [2.45, 2.75) is 18.2 Å². The zero-order valence-corrected chi connectivity index (χ0v) is 14.8. The molecule has 2 atom stereocenters. The Bertz CT molecular complexity index is 942. The zero-order chi connectivity index (χ0) is 18.9. The molecule has 2 N–H and O–H groups in total. The second kappa shape index (κ2) is 6.99. The average molecular weight is 359 g/mol. The van der Waals surface area contributed by atoms with Crippen LogP contribution < -0.4 is 0 Å². The number of hydrogen-bond donors (Lipinski definition) is 2. The van der Waals surface area contributed by atoms with E-state index >= 15 is 0 Å². The number of amides is 1. The van der Waals surface area contributed by atoms with Gasteiger partial charge in [0.2, 0.25) is 0 Å². The van der Waals surface area contributed by atoms with Crippen LogP contribution in [0.3, 0.4) is 0 Å². The first-order valence-electron chi connectivity index (χ1n) is 9.00. The summed E-state index contributed by atoms with van der Waals surface area (Å²) >= 11 is 0. The van der Waals surface area contributed by atoms with Gasteiger partial charge >= 0.3 is 0 Å². The van der Waals surface area contributed by atoms with Crippen LogP contribution in [0.4, 0.5) is 0 Å². The predicted octanol–water partition coefficient (Wildman–Crippen LogP) is 3.26. The molecule has 0 bridgehead atoms. The Morgan fingerprint density at radius 1 is 0.852 bits per heavy atom. The van der Waals surface area contributed by atoms with Crippen LogP contribution >= 0.6 is 0 Å². The molecule has 1 aliphatic rings. The van der Waals surface area contributed by atoms with Crippen LogP contribution in [0.2, 0.25) is 0 Å². The fraction of sp³-hybridized carbons (Fsp3) is 0.174. The molecule has 136 valence electrons. The normalized spacial score (nSPS) is 19.8. The van der Waals surface area contributed by atoms with E-state index in [1.807, 2.05) is 66.7 Å². The molecule has 0 aliphatic carbocycles. The number of carbonyl (C=O) groups excluding carboxylic acids is 1. The van der Waals surface area contributed by atoms with Gasteiger partial charge in [0.15, 0.2) is 5.72 Å². The summed E-state index contributed by atoms with van der Waals surface area (Å²) in [4.78, 5) is 14.7. The number of benzene rings is 3. The molecule has 0 aromatic heterocycles. The van der Waals surface area contributed by atoms with E-state index in [1.165, 1.54) is 4.90 Å². The Balaban J connectivity index is 1.84. The number of hydrogen-bond acceptors (Lipinski definition) is 3. The molecule has 0 saturated heterocycles. The van der Waals surface area contributed by atoms with Crippen molar-refractivity contribution in [3.8, 4) is 0 Å². The summed E-state index contributed by atoms with van der Waals surface area (Å²) in [6, 6.07) is 25.4. The van der Waals surface area contributed by atoms with Crippen LogP contribution in [-0.2, 0) is 12.1 Å². The third kappa shape index (κ3) is 2.93. The highest BCUT2D eigenvalue weighted by Gasteiger charge is 2.51. The lowest BCUT2D eigenvalue weighted by Crippen LogP contribution is -2.48. The Morgan fingerprint density at radius 2 is 1.44 bits per heavy atom.